The smallest absolute Gasteiger partial charge is 0.245 e. The molecule has 1 saturated heterocycles. The van der Waals surface area contributed by atoms with Crippen molar-refractivity contribution in [2.75, 3.05) is 31.6 Å². The van der Waals surface area contributed by atoms with E-state index in [9.17, 15) is 4.79 Å². The summed E-state index contributed by atoms with van der Waals surface area (Å²) in [5, 5.41) is 3.11. The van der Waals surface area contributed by atoms with E-state index in [1.807, 2.05) is 13.0 Å². The predicted molar refractivity (Wildman–Crippen MR) is 79.2 cm³/mol. The van der Waals surface area contributed by atoms with Crippen LogP contribution in [0.3, 0.4) is 0 Å². The molecule has 1 fully saturated rings. The van der Waals surface area contributed by atoms with Crippen molar-refractivity contribution in [3.63, 3.8) is 0 Å². The van der Waals surface area contributed by atoms with Crippen molar-refractivity contribution in [3.8, 4) is 0 Å². The maximum absolute atomic E-state index is 11.2. The van der Waals surface area contributed by atoms with Gasteiger partial charge in [-0.15, -0.1) is 0 Å². The molecule has 20 heavy (non-hydrogen) atoms. The molecule has 1 aromatic rings. The Labute approximate surface area is 124 Å². The summed E-state index contributed by atoms with van der Waals surface area (Å²) in [7, 11) is 1.62. The van der Waals surface area contributed by atoms with Gasteiger partial charge in [0.2, 0.25) is 5.91 Å². The van der Waals surface area contributed by atoms with E-state index in [0.717, 1.165) is 37.2 Å². The molecule has 0 aliphatic carbocycles. The fourth-order valence-electron chi connectivity index (χ4n) is 2.37. The van der Waals surface area contributed by atoms with Gasteiger partial charge in [0.15, 0.2) is 0 Å². The summed E-state index contributed by atoms with van der Waals surface area (Å²) in [6, 6.07) is 1.99. The van der Waals surface area contributed by atoms with Crippen molar-refractivity contribution >= 4 is 23.2 Å². The first-order valence-corrected chi connectivity index (χ1v) is 7.18. The number of anilines is 1. The average Bonchev–Trinajstić information content (AvgIpc) is 2.48. The van der Waals surface area contributed by atoms with Crippen LogP contribution in [0.15, 0.2) is 12.3 Å². The van der Waals surface area contributed by atoms with Gasteiger partial charge in [-0.3, -0.25) is 4.79 Å². The highest BCUT2D eigenvalue weighted by atomic mass is 35.5. The first kappa shape index (κ1) is 15.1. The number of rotatable bonds is 4. The van der Waals surface area contributed by atoms with Crippen LogP contribution < -0.4 is 10.2 Å². The summed E-state index contributed by atoms with van der Waals surface area (Å²) in [6.07, 6.45) is 3.71. The Morgan fingerprint density at radius 1 is 1.55 bits per heavy atom. The topological polar surface area (TPSA) is 54.5 Å². The first-order chi connectivity index (χ1) is 9.61. The summed E-state index contributed by atoms with van der Waals surface area (Å²) < 4.78 is 5.60. The molecule has 6 heteroatoms. The normalized spacial score (nSPS) is 16.2. The molecule has 0 saturated carbocycles. The number of nitrogens with one attached hydrogen (secondary N) is 1. The van der Waals surface area contributed by atoms with Crippen molar-refractivity contribution in [3.05, 3.63) is 23.0 Å². The van der Waals surface area contributed by atoms with E-state index in [4.69, 9.17) is 16.3 Å². The summed E-state index contributed by atoms with van der Waals surface area (Å²) in [4.78, 5) is 17.5. The Morgan fingerprint density at radius 2 is 2.25 bits per heavy atom. The van der Waals surface area contributed by atoms with E-state index < -0.39 is 0 Å². The number of hydrogen-bond acceptors (Lipinski definition) is 4. The highest BCUT2D eigenvalue weighted by molar-refractivity contribution is 6.30. The van der Waals surface area contributed by atoms with Crippen LogP contribution in [0.5, 0.6) is 0 Å². The minimum Gasteiger partial charge on any atom is -0.371 e. The molecule has 5 nitrogen and oxygen atoms in total. The number of piperidine rings is 1. The lowest BCUT2D eigenvalue weighted by Crippen LogP contribution is -2.38. The molecule has 1 N–H and O–H groups in total. The Balaban J connectivity index is 1.88. The second-order valence-corrected chi connectivity index (χ2v) is 5.27. The monoisotopic (exact) mass is 297 g/mol. The van der Waals surface area contributed by atoms with Gasteiger partial charge in [0, 0.05) is 37.6 Å². The highest BCUT2D eigenvalue weighted by Gasteiger charge is 2.22. The molecule has 110 valence electrons. The average molecular weight is 298 g/mol. The molecule has 0 spiro atoms. The van der Waals surface area contributed by atoms with Gasteiger partial charge < -0.3 is 15.0 Å². The second kappa shape index (κ2) is 6.90. The van der Waals surface area contributed by atoms with Crippen molar-refractivity contribution in [1.82, 2.24) is 10.3 Å². The molecular formula is C14H20ClN3O2. The highest BCUT2D eigenvalue weighted by Crippen LogP contribution is 2.27. The Hall–Kier alpha value is -1.33. The zero-order valence-corrected chi connectivity index (χ0v) is 12.6. The summed E-state index contributed by atoms with van der Waals surface area (Å²) in [5.74, 6) is -0.0795. The standard InChI is InChI=1S/C14H20ClN3O2/c1-10-12(3-6-17-14(10)15)18-7-4-11(5-8-18)20-9-13(19)16-2/h3,6,11H,4-5,7-9H2,1-2H3,(H,16,19). The zero-order valence-electron chi connectivity index (χ0n) is 11.9. The molecule has 1 aliphatic rings. The third-order valence-corrected chi connectivity index (χ3v) is 4.01. The molecule has 0 aromatic carbocycles. The molecule has 1 amide bonds. The van der Waals surface area contributed by atoms with Crippen LogP contribution >= 0.6 is 11.6 Å². The third-order valence-electron chi connectivity index (χ3n) is 3.63. The van der Waals surface area contributed by atoms with Gasteiger partial charge in [0.1, 0.15) is 11.8 Å². The van der Waals surface area contributed by atoms with Crippen LogP contribution in [0.1, 0.15) is 18.4 Å². The van der Waals surface area contributed by atoms with Gasteiger partial charge in [-0.25, -0.2) is 4.98 Å². The van der Waals surface area contributed by atoms with Gasteiger partial charge >= 0.3 is 0 Å². The minimum atomic E-state index is -0.0795. The van der Waals surface area contributed by atoms with Crippen LogP contribution in [-0.4, -0.2) is 43.7 Å². The number of pyridine rings is 1. The van der Waals surface area contributed by atoms with Crippen molar-refractivity contribution < 1.29 is 9.53 Å². The molecule has 1 aromatic heterocycles. The van der Waals surface area contributed by atoms with Crippen molar-refractivity contribution in [2.24, 2.45) is 0 Å². The summed E-state index contributed by atoms with van der Waals surface area (Å²) >= 11 is 6.06. The SMILES string of the molecule is CNC(=O)COC1CCN(c2ccnc(Cl)c2C)CC1. The Kier molecular flexibility index (Phi) is 5.20. The molecular weight excluding hydrogens is 278 g/mol. The van der Waals surface area contributed by atoms with Crippen LogP contribution in [0.4, 0.5) is 5.69 Å². The van der Waals surface area contributed by atoms with E-state index in [2.05, 4.69) is 15.2 Å². The van der Waals surface area contributed by atoms with Crippen LogP contribution in [0, 0.1) is 6.92 Å². The van der Waals surface area contributed by atoms with E-state index in [1.165, 1.54) is 0 Å². The first-order valence-electron chi connectivity index (χ1n) is 6.80. The number of hydrogen-bond donors (Lipinski definition) is 1. The fraction of sp³-hybridized carbons (Fsp3) is 0.571. The van der Waals surface area contributed by atoms with E-state index in [0.29, 0.717) is 5.15 Å². The summed E-state index contributed by atoms with van der Waals surface area (Å²) in [6.45, 7) is 3.93. The maximum atomic E-state index is 11.2. The number of nitrogens with zero attached hydrogens (tertiary/aromatic N) is 2. The number of amides is 1. The van der Waals surface area contributed by atoms with Gasteiger partial charge in [0.05, 0.1) is 6.10 Å². The Morgan fingerprint density at radius 3 is 2.90 bits per heavy atom. The van der Waals surface area contributed by atoms with Gasteiger partial charge in [-0.1, -0.05) is 11.6 Å². The Bertz CT molecular complexity index is 473. The van der Waals surface area contributed by atoms with Crippen LogP contribution in [0.25, 0.3) is 0 Å². The van der Waals surface area contributed by atoms with Crippen molar-refractivity contribution in [2.45, 2.75) is 25.9 Å². The number of carbonyl (C=O) groups is 1. The molecule has 0 unspecified atom stereocenters. The largest absolute Gasteiger partial charge is 0.371 e. The number of likely N-dealkylation sites (N-methyl/N-ethyl adjacent to an activating group) is 1. The lowest BCUT2D eigenvalue weighted by Gasteiger charge is -2.34. The van der Waals surface area contributed by atoms with Crippen molar-refractivity contribution in [1.29, 1.82) is 0 Å². The van der Waals surface area contributed by atoms with Crippen LogP contribution in [0.2, 0.25) is 5.15 Å². The molecule has 1 aliphatic heterocycles. The molecule has 2 heterocycles. The third kappa shape index (κ3) is 3.61. The lowest BCUT2D eigenvalue weighted by molar-refractivity contribution is -0.127. The zero-order chi connectivity index (χ0) is 14.5. The maximum Gasteiger partial charge on any atom is 0.245 e. The number of ether oxygens (including phenoxy) is 1. The minimum absolute atomic E-state index is 0.0795. The second-order valence-electron chi connectivity index (χ2n) is 4.92. The molecule has 2 rings (SSSR count). The molecule has 0 bridgehead atoms. The van der Waals surface area contributed by atoms with E-state index in [1.54, 1.807) is 13.2 Å². The van der Waals surface area contributed by atoms with E-state index >= 15 is 0 Å². The summed E-state index contributed by atoms with van der Waals surface area (Å²) in [5.41, 5.74) is 2.15. The molecule has 0 radical (unpaired) electrons. The number of carbonyl (C=O) groups excluding carboxylic acids is 1. The van der Waals surface area contributed by atoms with Gasteiger partial charge in [-0.05, 0) is 25.8 Å². The predicted octanol–water partition coefficient (Wildman–Crippen LogP) is 1.77. The van der Waals surface area contributed by atoms with Crippen LogP contribution in [-0.2, 0) is 9.53 Å². The quantitative estimate of drug-likeness (QED) is 0.861. The fourth-order valence-corrected chi connectivity index (χ4v) is 2.53. The van der Waals surface area contributed by atoms with E-state index in [-0.39, 0.29) is 18.6 Å². The number of aromatic nitrogens is 1. The van der Waals surface area contributed by atoms with Gasteiger partial charge in [0.25, 0.3) is 0 Å². The molecule has 0 atom stereocenters. The lowest BCUT2D eigenvalue weighted by atomic mass is 10.1. The number of halogens is 1. The van der Waals surface area contributed by atoms with Gasteiger partial charge in [-0.2, -0.15) is 0 Å².